The molecule has 0 spiro atoms. The molecule has 0 bridgehead atoms. The van der Waals surface area contributed by atoms with Crippen LogP contribution in [0.4, 0.5) is 0 Å². The fraction of sp³-hybridized carbons (Fsp3) is 0.400. The van der Waals surface area contributed by atoms with Gasteiger partial charge in [-0.3, -0.25) is 0 Å². The van der Waals surface area contributed by atoms with Crippen molar-refractivity contribution in [3.05, 3.63) is 47.9 Å². The third-order valence-corrected chi connectivity index (χ3v) is 3.70. The van der Waals surface area contributed by atoms with Crippen molar-refractivity contribution in [3.8, 4) is 5.75 Å². The molecule has 1 rings (SSSR count). The second-order valence-electron chi connectivity index (χ2n) is 6.57. The Labute approximate surface area is 150 Å². The molecule has 1 aromatic carbocycles. The second kappa shape index (κ2) is 9.06. The highest BCUT2D eigenvalue weighted by molar-refractivity contribution is 6.17. The highest BCUT2D eigenvalue weighted by Gasteiger charge is 2.18. The van der Waals surface area contributed by atoms with Gasteiger partial charge in [0.05, 0.1) is 20.5 Å². The van der Waals surface area contributed by atoms with Crippen LogP contribution in [0.5, 0.6) is 5.75 Å². The normalized spacial score (nSPS) is 13.5. The summed E-state index contributed by atoms with van der Waals surface area (Å²) in [6.45, 7) is 10.2. The lowest BCUT2D eigenvalue weighted by molar-refractivity contribution is -0.133. The lowest BCUT2D eigenvalue weighted by Gasteiger charge is -2.18. The number of benzene rings is 1. The van der Waals surface area contributed by atoms with Crippen molar-refractivity contribution in [2.75, 3.05) is 14.2 Å². The van der Waals surface area contributed by atoms with Crippen molar-refractivity contribution < 1.29 is 19.0 Å². The molecule has 0 N–H and O–H groups in total. The lowest BCUT2D eigenvalue weighted by atomic mass is 9.88. The molecule has 0 aliphatic heterocycles. The van der Waals surface area contributed by atoms with Crippen LogP contribution in [0.3, 0.4) is 0 Å². The molecular weight excluding hydrogens is 318 g/mol. The Bertz CT molecular complexity index is 694. The van der Waals surface area contributed by atoms with Gasteiger partial charge in [0, 0.05) is 18.7 Å². The van der Waals surface area contributed by atoms with Gasteiger partial charge in [0.2, 0.25) is 0 Å². The third kappa shape index (κ3) is 6.10. The first-order valence-electron chi connectivity index (χ1n) is 8.01. The summed E-state index contributed by atoms with van der Waals surface area (Å²) in [7, 11) is 2.79. The number of aliphatic imine (C=N–C) groups is 1. The van der Waals surface area contributed by atoms with Crippen molar-refractivity contribution in [3.63, 3.8) is 0 Å². The quantitative estimate of drug-likeness (QED) is 0.257. The Kier molecular flexibility index (Phi) is 7.43. The number of hydrogen-bond donors (Lipinski definition) is 0. The van der Waals surface area contributed by atoms with E-state index in [-0.39, 0.29) is 11.0 Å². The zero-order valence-electron chi connectivity index (χ0n) is 16.0. The van der Waals surface area contributed by atoms with Crippen LogP contribution in [0.2, 0.25) is 0 Å². The van der Waals surface area contributed by atoms with E-state index in [4.69, 9.17) is 14.2 Å². The number of hydrogen-bond acceptors (Lipinski definition) is 5. The van der Waals surface area contributed by atoms with Gasteiger partial charge in [0.25, 0.3) is 0 Å². The van der Waals surface area contributed by atoms with Crippen LogP contribution >= 0.6 is 0 Å². The molecule has 25 heavy (non-hydrogen) atoms. The van der Waals surface area contributed by atoms with Gasteiger partial charge in [-0.15, -0.1) is 0 Å². The molecule has 0 amide bonds. The molecule has 0 aliphatic rings. The zero-order valence-corrected chi connectivity index (χ0v) is 16.0. The van der Waals surface area contributed by atoms with Gasteiger partial charge in [-0.2, -0.15) is 0 Å². The number of allylic oxidation sites excluding steroid dienone is 1. The molecule has 5 nitrogen and oxygen atoms in total. The number of carbonyl (C=O) groups is 1. The Morgan fingerprint density at radius 1 is 1.12 bits per heavy atom. The minimum atomic E-state index is -0.504. The van der Waals surface area contributed by atoms with Gasteiger partial charge in [0.15, 0.2) is 5.90 Å². The van der Waals surface area contributed by atoms with Crippen molar-refractivity contribution in [1.82, 2.24) is 0 Å². The molecule has 5 heteroatoms. The predicted octanol–water partition coefficient (Wildman–Crippen LogP) is 4.59. The molecule has 0 saturated carbocycles. The van der Waals surface area contributed by atoms with Gasteiger partial charge < -0.3 is 14.2 Å². The third-order valence-electron chi connectivity index (χ3n) is 3.70. The fourth-order valence-corrected chi connectivity index (χ4v) is 1.79. The van der Waals surface area contributed by atoms with Crippen LogP contribution in [0.1, 0.15) is 40.2 Å². The molecule has 0 unspecified atom stereocenters. The van der Waals surface area contributed by atoms with Gasteiger partial charge in [-0.1, -0.05) is 39.0 Å². The highest BCUT2D eigenvalue weighted by Crippen LogP contribution is 2.28. The smallest absolute Gasteiger partial charge is 0.341 e. The van der Waals surface area contributed by atoms with Gasteiger partial charge >= 0.3 is 5.97 Å². The Hall–Kier alpha value is -2.56. The summed E-state index contributed by atoms with van der Waals surface area (Å²) in [6.07, 6.45) is 3.13. The molecule has 0 radical (unpaired) electrons. The molecule has 136 valence electrons. The molecule has 1 aromatic rings. The van der Waals surface area contributed by atoms with E-state index in [0.717, 1.165) is 5.57 Å². The first-order valence-corrected chi connectivity index (χ1v) is 8.01. The number of ether oxygens (including phenoxy) is 3. The first-order chi connectivity index (χ1) is 11.7. The Morgan fingerprint density at radius 2 is 1.76 bits per heavy atom. The van der Waals surface area contributed by atoms with Crippen LogP contribution < -0.4 is 4.74 Å². The van der Waals surface area contributed by atoms with Crippen LogP contribution in [0.15, 0.2) is 47.3 Å². The fourth-order valence-electron chi connectivity index (χ4n) is 1.79. The van der Waals surface area contributed by atoms with E-state index in [1.54, 1.807) is 25.3 Å². The predicted molar refractivity (Wildman–Crippen MR) is 100 cm³/mol. The van der Waals surface area contributed by atoms with Gasteiger partial charge in [-0.05, 0) is 24.0 Å². The van der Waals surface area contributed by atoms with E-state index < -0.39 is 5.97 Å². The molecule has 0 fully saturated rings. The lowest BCUT2D eigenvalue weighted by Crippen LogP contribution is -2.10. The van der Waals surface area contributed by atoms with E-state index >= 15 is 0 Å². The topological polar surface area (TPSA) is 57.1 Å². The second-order valence-corrected chi connectivity index (χ2v) is 6.57. The Balaban J connectivity index is 3.16. The average Bonchev–Trinajstić information content (AvgIpc) is 2.56. The summed E-state index contributed by atoms with van der Waals surface area (Å²) in [6, 6.07) is 7.16. The van der Waals surface area contributed by atoms with Crippen LogP contribution in [0.25, 0.3) is 5.57 Å². The summed E-state index contributed by atoms with van der Waals surface area (Å²) in [5.74, 6) is 0.466. The minimum Gasteiger partial charge on any atom is -0.503 e. The number of carbonyl (C=O) groups excluding carboxylic acids is 1. The highest BCUT2D eigenvalue weighted by atomic mass is 16.5. The van der Waals surface area contributed by atoms with Crippen LogP contribution in [-0.2, 0) is 14.3 Å². The first kappa shape index (κ1) is 20.5. The monoisotopic (exact) mass is 345 g/mol. The molecule has 0 aliphatic carbocycles. The summed E-state index contributed by atoms with van der Waals surface area (Å²) >= 11 is 0. The van der Waals surface area contributed by atoms with E-state index in [9.17, 15) is 4.79 Å². The van der Waals surface area contributed by atoms with Crippen molar-refractivity contribution in [2.24, 2.45) is 10.4 Å². The van der Waals surface area contributed by atoms with E-state index in [1.165, 1.54) is 20.5 Å². The minimum absolute atomic E-state index is 0.0426. The maximum atomic E-state index is 12.0. The molecule has 0 aromatic heterocycles. The number of rotatable bonds is 5. The van der Waals surface area contributed by atoms with E-state index in [0.29, 0.717) is 17.2 Å². The zero-order chi connectivity index (χ0) is 19.0. The largest absolute Gasteiger partial charge is 0.503 e. The van der Waals surface area contributed by atoms with Crippen LogP contribution in [0, 0.1) is 5.41 Å². The maximum absolute atomic E-state index is 12.0. The average molecular weight is 345 g/mol. The van der Waals surface area contributed by atoms with Crippen molar-refractivity contribution >= 4 is 17.4 Å². The molecular formula is C20H27NO4. The summed E-state index contributed by atoms with van der Waals surface area (Å²) in [4.78, 5) is 16.4. The van der Waals surface area contributed by atoms with Gasteiger partial charge in [0.1, 0.15) is 11.3 Å². The summed E-state index contributed by atoms with van der Waals surface area (Å²) in [5.41, 5.74) is 2.02. The van der Waals surface area contributed by atoms with E-state index in [2.05, 4.69) is 25.8 Å². The van der Waals surface area contributed by atoms with Crippen molar-refractivity contribution in [1.29, 1.82) is 0 Å². The summed E-state index contributed by atoms with van der Waals surface area (Å²) in [5, 5.41) is 0. The SMILES string of the molecule is CO/C=C(/C(=O)OC)c1ccccc1O/C(C)=N/C=C(\C)C(C)(C)C. The van der Waals surface area contributed by atoms with Gasteiger partial charge in [-0.25, -0.2) is 9.79 Å². The number of nitrogens with zero attached hydrogens (tertiary/aromatic N) is 1. The molecule has 0 heterocycles. The number of para-hydroxylation sites is 1. The number of esters is 1. The van der Waals surface area contributed by atoms with E-state index in [1.807, 2.05) is 19.1 Å². The number of methoxy groups -OCH3 is 2. The Morgan fingerprint density at radius 3 is 2.32 bits per heavy atom. The molecule has 0 saturated heterocycles. The maximum Gasteiger partial charge on any atom is 0.341 e. The summed E-state index contributed by atoms with van der Waals surface area (Å²) < 4.78 is 15.6. The standard InChI is InChI=1S/C20H27NO4/c1-14(20(3,4)5)12-21-15(2)25-18-11-9-8-10-16(18)17(13-23-6)19(22)24-7/h8-13H,1-7H3/b14-12+,17-13+,21-15+. The van der Waals surface area contributed by atoms with Crippen molar-refractivity contribution in [2.45, 2.75) is 34.6 Å². The van der Waals surface area contributed by atoms with Crippen LogP contribution in [-0.4, -0.2) is 26.1 Å². The molecule has 0 atom stereocenters.